The van der Waals surface area contributed by atoms with Crippen molar-refractivity contribution in [3.63, 3.8) is 0 Å². The van der Waals surface area contributed by atoms with Gasteiger partial charge in [-0.15, -0.1) is 0 Å². The molecular formula is C12H19N3O. The largest absolute Gasteiger partial charge is 0.347 e. The first-order valence-electron chi connectivity index (χ1n) is 5.81. The Kier molecular flexibility index (Phi) is 3.01. The zero-order chi connectivity index (χ0) is 11.6. The second-order valence-electron chi connectivity index (χ2n) is 4.65. The minimum Gasteiger partial charge on any atom is -0.347 e. The van der Waals surface area contributed by atoms with Gasteiger partial charge in [0.05, 0.1) is 5.54 Å². The highest BCUT2D eigenvalue weighted by molar-refractivity contribution is 5.93. The number of amides is 1. The maximum atomic E-state index is 12.1. The highest BCUT2D eigenvalue weighted by Crippen LogP contribution is 2.28. The van der Waals surface area contributed by atoms with E-state index in [4.69, 9.17) is 5.73 Å². The van der Waals surface area contributed by atoms with Crippen molar-refractivity contribution < 1.29 is 4.79 Å². The van der Waals surface area contributed by atoms with E-state index in [1.165, 1.54) is 0 Å². The van der Waals surface area contributed by atoms with Gasteiger partial charge in [0.15, 0.2) is 0 Å². The summed E-state index contributed by atoms with van der Waals surface area (Å²) in [5.74, 6) is -0.0140. The van der Waals surface area contributed by atoms with E-state index < -0.39 is 0 Å². The van der Waals surface area contributed by atoms with Crippen LogP contribution in [0.1, 0.15) is 36.2 Å². The molecule has 4 heteroatoms. The molecule has 1 aliphatic rings. The van der Waals surface area contributed by atoms with Crippen molar-refractivity contribution in [3.05, 3.63) is 24.0 Å². The summed E-state index contributed by atoms with van der Waals surface area (Å²) in [4.78, 5) is 12.1. The van der Waals surface area contributed by atoms with Gasteiger partial charge in [0.25, 0.3) is 5.91 Å². The number of hydrogen-bond donors (Lipinski definition) is 2. The average Bonchev–Trinajstić information content (AvgIpc) is 2.87. The maximum absolute atomic E-state index is 12.1. The van der Waals surface area contributed by atoms with E-state index in [1.807, 2.05) is 29.9 Å². The zero-order valence-electron chi connectivity index (χ0n) is 9.70. The van der Waals surface area contributed by atoms with Crippen LogP contribution in [0.15, 0.2) is 18.3 Å². The third-order valence-electron chi connectivity index (χ3n) is 3.51. The first-order valence-corrected chi connectivity index (χ1v) is 5.81. The van der Waals surface area contributed by atoms with Crippen LogP contribution in [0, 0.1) is 0 Å². The first-order chi connectivity index (χ1) is 7.67. The Labute approximate surface area is 95.8 Å². The molecule has 1 fully saturated rings. The molecule has 1 aliphatic carbocycles. The van der Waals surface area contributed by atoms with E-state index in [-0.39, 0.29) is 11.4 Å². The van der Waals surface area contributed by atoms with E-state index in [2.05, 4.69) is 5.32 Å². The van der Waals surface area contributed by atoms with Gasteiger partial charge in [0.2, 0.25) is 0 Å². The predicted octanol–water partition coefficient (Wildman–Crippen LogP) is 1.03. The summed E-state index contributed by atoms with van der Waals surface area (Å²) in [6, 6.07) is 3.70. The second kappa shape index (κ2) is 4.29. The number of rotatable bonds is 3. The van der Waals surface area contributed by atoms with Crippen molar-refractivity contribution in [2.75, 3.05) is 6.54 Å². The monoisotopic (exact) mass is 221 g/mol. The number of hydrogen-bond acceptors (Lipinski definition) is 2. The van der Waals surface area contributed by atoms with E-state index in [9.17, 15) is 4.79 Å². The van der Waals surface area contributed by atoms with Gasteiger partial charge in [0.1, 0.15) is 5.69 Å². The molecule has 1 amide bonds. The van der Waals surface area contributed by atoms with Crippen molar-refractivity contribution in [3.8, 4) is 0 Å². The van der Waals surface area contributed by atoms with Gasteiger partial charge in [-0.05, 0) is 25.0 Å². The van der Waals surface area contributed by atoms with Gasteiger partial charge in [-0.3, -0.25) is 4.79 Å². The number of carbonyl (C=O) groups excluding carboxylic acids is 1. The number of nitrogens with two attached hydrogens (primary N) is 1. The first kappa shape index (κ1) is 11.2. The fourth-order valence-corrected chi connectivity index (χ4v) is 2.43. The van der Waals surface area contributed by atoms with Gasteiger partial charge in [-0.2, -0.15) is 0 Å². The van der Waals surface area contributed by atoms with Crippen molar-refractivity contribution in [2.45, 2.75) is 31.2 Å². The van der Waals surface area contributed by atoms with Crippen molar-refractivity contribution >= 4 is 5.91 Å². The summed E-state index contributed by atoms with van der Waals surface area (Å²) in [5.41, 5.74) is 6.32. The highest BCUT2D eigenvalue weighted by Gasteiger charge is 2.34. The zero-order valence-corrected chi connectivity index (χ0v) is 9.70. The lowest BCUT2D eigenvalue weighted by molar-refractivity contribution is 0.0894. The Hall–Kier alpha value is -1.29. The lowest BCUT2D eigenvalue weighted by Crippen LogP contribution is -2.51. The molecule has 1 heterocycles. The van der Waals surface area contributed by atoms with Crippen LogP contribution < -0.4 is 11.1 Å². The van der Waals surface area contributed by atoms with Gasteiger partial charge in [-0.1, -0.05) is 12.8 Å². The summed E-state index contributed by atoms with van der Waals surface area (Å²) < 4.78 is 1.83. The van der Waals surface area contributed by atoms with Gasteiger partial charge >= 0.3 is 0 Å². The molecule has 2 rings (SSSR count). The standard InChI is InChI=1S/C12H19N3O/c1-15-8-4-5-10(15)11(16)14-12(9-13)6-2-3-7-12/h4-5,8H,2-3,6-7,9,13H2,1H3,(H,14,16). The van der Waals surface area contributed by atoms with Crippen molar-refractivity contribution in [2.24, 2.45) is 12.8 Å². The van der Waals surface area contributed by atoms with E-state index in [0.717, 1.165) is 25.7 Å². The molecular weight excluding hydrogens is 202 g/mol. The topological polar surface area (TPSA) is 60.0 Å². The molecule has 0 aromatic carbocycles. The minimum atomic E-state index is -0.165. The number of carbonyl (C=O) groups is 1. The Morgan fingerprint density at radius 2 is 2.25 bits per heavy atom. The normalized spacial score (nSPS) is 18.6. The number of aromatic nitrogens is 1. The molecule has 0 aliphatic heterocycles. The fourth-order valence-electron chi connectivity index (χ4n) is 2.43. The molecule has 1 aromatic rings. The summed E-state index contributed by atoms with van der Waals surface area (Å²) in [7, 11) is 1.87. The highest BCUT2D eigenvalue weighted by atomic mass is 16.2. The third-order valence-corrected chi connectivity index (χ3v) is 3.51. The number of aryl methyl sites for hydroxylation is 1. The molecule has 0 saturated heterocycles. The summed E-state index contributed by atoms with van der Waals surface area (Å²) >= 11 is 0. The Balaban J connectivity index is 2.09. The van der Waals surface area contributed by atoms with Crippen LogP contribution in [-0.2, 0) is 7.05 Å². The molecule has 3 N–H and O–H groups in total. The number of nitrogens with zero attached hydrogens (tertiary/aromatic N) is 1. The van der Waals surface area contributed by atoms with Crippen molar-refractivity contribution in [1.82, 2.24) is 9.88 Å². The molecule has 4 nitrogen and oxygen atoms in total. The van der Waals surface area contributed by atoms with Crippen LogP contribution in [0.5, 0.6) is 0 Å². The smallest absolute Gasteiger partial charge is 0.268 e. The van der Waals surface area contributed by atoms with Crippen LogP contribution >= 0.6 is 0 Å². The van der Waals surface area contributed by atoms with Crippen LogP contribution in [-0.4, -0.2) is 22.6 Å². The van der Waals surface area contributed by atoms with E-state index in [0.29, 0.717) is 12.2 Å². The third kappa shape index (κ3) is 1.97. The lowest BCUT2D eigenvalue weighted by atomic mass is 9.97. The molecule has 0 unspecified atom stereocenters. The Morgan fingerprint density at radius 1 is 1.56 bits per heavy atom. The minimum absolute atomic E-state index is 0.0140. The predicted molar refractivity (Wildman–Crippen MR) is 63.1 cm³/mol. The summed E-state index contributed by atoms with van der Waals surface area (Å²) in [6.07, 6.45) is 6.19. The Bertz CT molecular complexity index is 377. The lowest BCUT2D eigenvalue weighted by Gasteiger charge is -2.28. The van der Waals surface area contributed by atoms with Crippen LogP contribution in [0.25, 0.3) is 0 Å². The van der Waals surface area contributed by atoms with Crippen LogP contribution in [0.2, 0.25) is 0 Å². The molecule has 88 valence electrons. The SMILES string of the molecule is Cn1cccc1C(=O)NC1(CN)CCCC1. The van der Waals surface area contributed by atoms with E-state index in [1.54, 1.807) is 0 Å². The van der Waals surface area contributed by atoms with Gasteiger partial charge in [-0.25, -0.2) is 0 Å². The molecule has 1 saturated carbocycles. The summed E-state index contributed by atoms with van der Waals surface area (Å²) in [5, 5.41) is 3.10. The molecule has 0 radical (unpaired) electrons. The maximum Gasteiger partial charge on any atom is 0.268 e. The Morgan fingerprint density at radius 3 is 2.75 bits per heavy atom. The van der Waals surface area contributed by atoms with E-state index >= 15 is 0 Å². The average molecular weight is 221 g/mol. The quantitative estimate of drug-likeness (QED) is 0.800. The molecule has 0 bridgehead atoms. The summed E-state index contributed by atoms with van der Waals surface area (Å²) in [6.45, 7) is 0.531. The molecule has 16 heavy (non-hydrogen) atoms. The molecule has 0 spiro atoms. The molecule has 1 aromatic heterocycles. The van der Waals surface area contributed by atoms with Gasteiger partial charge < -0.3 is 15.6 Å². The number of nitrogens with one attached hydrogen (secondary N) is 1. The fraction of sp³-hybridized carbons (Fsp3) is 0.583. The van der Waals surface area contributed by atoms with Crippen LogP contribution in [0.4, 0.5) is 0 Å². The molecule has 0 atom stereocenters. The second-order valence-corrected chi connectivity index (χ2v) is 4.65. The van der Waals surface area contributed by atoms with Gasteiger partial charge in [0, 0.05) is 19.8 Å². The van der Waals surface area contributed by atoms with Crippen LogP contribution in [0.3, 0.4) is 0 Å². The van der Waals surface area contributed by atoms with Crippen molar-refractivity contribution in [1.29, 1.82) is 0 Å².